The molecule has 0 unspecified atom stereocenters. The molecule has 0 saturated carbocycles. The Morgan fingerprint density at radius 3 is 2.52 bits per heavy atom. The van der Waals surface area contributed by atoms with Crippen molar-refractivity contribution in [2.45, 2.75) is 6.92 Å². The maximum Gasteiger partial charge on any atom is 0.356 e. The Morgan fingerprint density at radius 2 is 1.81 bits per heavy atom. The molecule has 2 amide bonds. The van der Waals surface area contributed by atoms with Crippen LogP contribution in [0.3, 0.4) is 0 Å². The van der Waals surface area contributed by atoms with Gasteiger partial charge in [-0.2, -0.15) is 0 Å². The Morgan fingerprint density at radius 1 is 1.10 bits per heavy atom. The number of aromatic nitrogens is 1. The summed E-state index contributed by atoms with van der Waals surface area (Å²) in [7, 11) is 0. The molecule has 1 aromatic carbocycles. The smallest absolute Gasteiger partial charge is 0.356 e. The second kappa shape index (κ2) is 7.04. The summed E-state index contributed by atoms with van der Waals surface area (Å²) >= 11 is 0. The zero-order valence-corrected chi connectivity index (χ0v) is 11.5. The summed E-state index contributed by atoms with van der Waals surface area (Å²) < 4.78 is 4.85. The topological polar surface area (TPSA) is 80.3 Å². The minimum absolute atomic E-state index is 0.148. The number of nitrogens with zero attached hydrogens (tertiary/aromatic N) is 1. The van der Waals surface area contributed by atoms with Crippen LogP contribution in [0.2, 0.25) is 0 Å². The highest BCUT2D eigenvalue weighted by Gasteiger charge is 2.10. The van der Waals surface area contributed by atoms with Crippen molar-refractivity contribution in [3.05, 3.63) is 54.4 Å². The molecule has 21 heavy (non-hydrogen) atoms. The molecule has 0 aliphatic heterocycles. The number of nitrogens with one attached hydrogen (secondary N) is 2. The maximum absolute atomic E-state index is 11.8. The zero-order valence-electron chi connectivity index (χ0n) is 11.5. The molecule has 1 aromatic heterocycles. The molecule has 2 aromatic rings. The van der Waals surface area contributed by atoms with Crippen molar-refractivity contribution >= 4 is 23.4 Å². The Balaban J connectivity index is 2.01. The average molecular weight is 285 g/mol. The normalized spacial score (nSPS) is 9.76. The van der Waals surface area contributed by atoms with Crippen LogP contribution >= 0.6 is 0 Å². The van der Waals surface area contributed by atoms with E-state index in [4.69, 9.17) is 4.74 Å². The third kappa shape index (κ3) is 4.31. The van der Waals surface area contributed by atoms with Crippen LogP contribution in [0.1, 0.15) is 17.4 Å². The van der Waals surface area contributed by atoms with Gasteiger partial charge in [-0.3, -0.25) is 0 Å². The number of urea groups is 1. The second-order valence-corrected chi connectivity index (χ2v) is 4.10. The van der Waals surface area contributed by atoms with Gasteiger partial charge in [0.2, 0.25) is 0 Å². The molecule has 0 aliphatic carbocycles. The number of pyridine rings is 1. The van der Waals surface area contributed by atoms with Crippen molar-refractivity contribution in [3.63, 3.8) is 0 Å². The lowest BCUT2D eigenvalue weighted by atomic mass is 10.3. The Hall–Kier alpha value is -2.89. The molecule has 0 fully saturated rings. The number of para-hydroxylation sites is 1. The number of anilines is 2. The summed E-state index contributed by atoms with van der Waals surface area (Å²) in [5.41, 5.74) is 1.28. The largest absolute Gasteiger partial charge is 0.461 e. The van der Waals surface area contributed by atoms with Crippen LogP contribution in [-0.4, -0.2) is 23.6 Å². The van der Waals surface area contributed by atoms with E-state index in [1.165, 1.54) is 12.3 Å². The lowest BCUT2D eigenvalue weighted by Crippen LogP contribution is -2.19. The van der Waals surface area contributed by atoms with Crippen LogP contribution < -0.4 is 10.6 Å². The monoisotopic (exact) mass is 285 g/mol. The first-order valence-electron chi connectivity index (χ1n) is 6.45. The molecule has 6 heteroatoms. The molecule has 6 nitrogen and oxygen atoms in total. The first-order chi connectivity index (χ1) is 10.2. The lowest BCUT2D eigenvalue weighted by Gasteiger charge is -2.08. The Labute approximate surface area is 122 Å². The zero-order chi connectivity index (χ0) is 15.1. The standard InChI is InChI=1S/C15H15N3O3/c1-2-21-14(19)13-10-12(8-9-16-13)18-15(20)17-11-6-4-3-5-7-11/h3-10H,2H2,1H3,(H2,16,17,18,20). The van der Waals surface area contributed by atoms with Gasteiger partial charge in [0.05, 0.1) is 6.61 Å². The number of rotatable bonds is 4. The molecule has 0 bridgehead atoms. The number of benzene rings is 1. The van der Waals surface area contributed by atoms with Crippen LogP contribution in [0.5, 0.6) is 0 Å². The van der Waals surface area contributed by atoms with Gasteiger partial charge in [-0.1, -0.05) is 18.2 Å². The van der Waals surface area contributed by atoms with E-state index in [-0.39, 0.29) is 12.3 Å². The highest BCUT2D eigenvalue weighted by Crippen LogP contribution is 2.11. The van der Waals surface area contributed by atoms with Gasteiger partial charge in [0, 0.05) is 17.6 Å². The van der Waals surface area contributed by atoms with Crippen molar-refractivity contribution in [2.24, 2.45) is 0 Å². The lowest BCUT2D eigenvalue weighted by molar-refractivity contribution is 0.0519. The van der Waals surface area contributed by atoms with E-state index in [1.54, 1.807) is 25.1 Å². The molecule has 1 heterocycles. The van der Waals surface area contributed by atoms with Crippen molar-refractivity contribution in [3.8, 4) is 0 Å². The number of hydrogen-bond acceptors (Lipinski definition) is 4. The van der Waals surface area contributed by atoms with Crippen molar-refractivity contribution in [2.75, 3.05) is 17.2 Å². The third-order valence-electron chi connectivity index (χ3n) is 2.53. The molecule has 0 aliphatic rings. The van der Waals surface area contributed by atoms with E-state index in [2.05, 4.69) is 15.6 Å². The van der Waals surface area contributed by atoms with E-state index >= 15 is 0 Å². The summed E-state index contributed by atoms with van der Waals surface area (Å²) in [6.07, 6.45) is 1.43. The van der Waals surface area contributed by atoms with Gasteiger partial charge in [0.25, 0.3) is 0 Å². The van der Waals surface area contributed by atoms with Gasteiger partial charge in [0.15, 0.2) is 0 Å². The predicted molar refractivity (Wildman–Crippen MR) is 79.3 cm³/mol. The number of amides is 2. The summed E-state index contributed by atoms with van der Waals surface area (Å²) in [5, 5.41) is 5.31. The minimum atomic E-state index is -0.524. The first-order valence-corrected chi connectivity index (χ1v) is 6.45. The van der Waals surface area contributed by atoms with E-state index in [1.807, 2.05) is 18.2 Å². The minimum Gasteiger partial charge on any atom is -0.461 e. The molecule has 0 saturated heterocycles. The summed E-state index contributed by atoms with van der Waals surface area (Å²) in [5.74, 6) is -0.524. The molecule has 2 N–H and O–H groups in total. The van der Waals surface area contributed by atoms with Gasteiger partial charge in [-0.05, 0) is 31.2 Å². The number of carbonyl (C=O) groups excluding carboxylic acids is 2. The van der Waals surface area contributed by atoms with Gasteiger partial charge < -0.3 is 15.4 Å². The number of carbonyl (C=O) groups is 2. The highest BCUT2D eigenvalue weighted by molar-refractivity contribution is 6.00. The molecule has 0 spiro atoms. The van der Waals surface area contributed by atoms with Gasteiger partial charge in [-0.25, -0.2) is 14.6 Å². The van der Waals surface area contributed by atoms with Crippen molar-refractivity contribution in [1.29, 1.82) is 0 Å². The SMILES string of the molecule is CCOC(=O)c1cc(NC(=O)Nc2ccccc2)ccn1. The van der Waals surface area contributed by atoms with E-state index in [9.17, 15) is 9.59 Å². The molecule has 0 radical (unpaired) electrons. The van der Waals surface area contributed by atoms with E-state index in [0.29, 0.717) is 11.4 Å². The molecular weight excluding hydrogens is 270 g/mol. The van der Waals surface area contributed by atoms with E-state index in [0.717, 1.165) is 0 Å². The van der Waals surface area contributed by atoms with Crippen molar-refractivity contribution < 1.29 is 14.3 Å². The van der Waals surface area contributed by atoms with Crippen LogP contribution in [0.25, 0.3) is 0 Å². The number of esters is 1. The summed E-state index contributed by atoms with van der Waals surface area (Å²) in [6, 6.07) is 11.7. The Kier molecular flexibility index (Phi) is 4.87. The fraction of sp³-hybridized carbons (Fsp3) is 0.133. The second-order valence-electron chi connectivity index (χ2n) is 4.10. The van der Waals surface area contributed by atoms with Gasteiger partial charge in [-0.15, -0.1) is 0 Å². The fourth-order valence-electron chi connectivity index (χ4n) is 1.64. The Bertz CT molecular complexity index is 629. The van der Waals surface area contributed by atoms with Gasteiger partial charge in [0.1, 0.15) is 5.69 Å². The first kappa shape index (κ1) is 14.5. The molecular formula is C15H15N3O3. The van der Waals surface area contributed by atoms with Crippen LogP contribution in [0.4, 0.5) is 16.2 Å². The summed E-state index contributed by atoms with van der Waals surface area (Å²) in [6.45, 7) is 1.99. The fourth-order valence-corrected chi connectivity index (χ4v) is 1.64. The average Bonchev–Trinajstić information content (AvgIpc) is 2.48. The number of ether oxygens (including phenoxy) is 1. The predicted octanol–water partition coefficient (Wildman–Crippen LogP) is 2.90. The van der Waals surface area contributed by atoms with Crippen molar-refractivity contribution in [1.82, 2.24) is 4.98 Å². The number of hydrogen-bond donors (Lipinski definition) is 2. The maximum atomic E-state index is 11.8. The van der Waals surface area contributed by atoms with Crippen LogP contribution in [0, 0.1) is 0 Å². The third-order valence-corrected chi connectivity index (χ3v) is 2.53. The molecule has 2 rings (SSSR count). The molecule has 108 valence electrons. The van der Waals surface area contributed by atoms with Crippen LogP contribution in [-0.2, 0) is 4.74 Å². The van der Waals surface area contributed by atoms with Gasteiger partial charge >= 0.3 is 12.0 Å². The quantitative estimate of drug-likeness (QED) is 0.846. The van der Waals surface area contributed by atoms with Crippen LogP contribution in [0.15, 0.2) is 48.7 Å². The highest BCUT2D eigenvalue weighted by atomic mass is 16.5. The van der Waals surface area contributed by atoms with E-state index < -0.39 is 12.0 Å². The molecule has 0 atom stereocenters. The summed E-state index contributed by atoms with van der Waals surface area (Å²) in [4.78, 5) is 27.3.